The molecule has 0 radical (unpaired) electrons. The lowest BCUT2D eigenvalue weighted by Crippen LogP contribution is -3.12. The van der Waals surface area contributed by atoms with E-state index in [-0.39, 0.29) is 11.8 Å². The van der Waals surface area contributed by atoms with Gasteiger partial charge in [-0.05, 0) is 12.1 Å². The number of rotatable bonds is 4. The van der Waals surface area contributed by atoms with Crippen LogP contribution in [0.25, 0.3) is 0 Å². The third kappa shape index (κ3) is 4.33. The normalized spacial score (nSPS) is 16.6. The summed E-state index contributed by atoms with van der Waals surface area (Å²) in [6.45, 7) is 8.69. The highest BCUT2D eigenvalue weighted by Crippen LogP contribution is 2.10. The Kier molecular flexibility index (Phi) is 4.93. The van der Waals surface area contributed by atoms with Gasteiger partial charge in [-0.25, -0.2) is 0 Å². The lowest BCUT2D eigenvalue weighted by atomic mass is 10.1. The molecule has 19 heavy (non-hydrogen) atoms. The minimum atomic E-state index is 0.0115. The molecule has 1 amide bonds. The van der Waals surface area contributed by atoms with Crippen LogP contribution in [0.1, 0.15) is 19.4 Å². The second-order valence-electron chi connectivity index (χ2n) is 5.38. The fourth-order valence-electron chi connectivity index (χ4n) is 2.12. The Morgan fingerprint density at radius 1 is 1.26 bits per heavy atom. The van der Waals surface area contributed by atoms with Crippen LogP contribution in [-0.2, 0) is 16.1 Å². The molecular formula is C15H23N2O2+. The van der Waals surface area contributed by atoms with Crippen molar-refractivity contribution in [3.8, 4) is 0 Å². The van der Waals surface area contributed by atoms with Crippen LogP contribution in [0, 0.1) is 5.92 Å². The molecule has 0 aliphatic carbocycles. The Balaban J connectivity index is 1.88. The first-order valence-corrected chi connectivity index (χ1v) is 6.96. The Bertz CT molecular complexity index is 409. The molecule has 0 unspecified atom stereocenters. The highest BCUT2D eigenvalue weighted by Gasteiger charge is 2.14. The van der Waals surface area contributed by atoms with Gasteiger partial charge in [-0.15, -0.1) is 0 Å². The Labute approximate surface area is 114 Å². The van der Waals surface area contributed by atoms with Crippen LogP contribution >= 0.6 is 0 Å². The molecule has 0 spiro atoms. The van der Waals surface area contributed by atoms with Gasteiger partial charge in [-0.1, -0.05) is 26.0 Å². The van der Waals surface area contributed by atoms with Crippen LogP contribution in [0.4, 0.5) is 5.69 Å². The van der Waals surface area contributed by atoms with Crippen molar-refractivity contribution in [2.24, 2.45) is 5.92 Å². The molecule has 4 heteroatoms. The van der Waals surface area contributed by atoms with Crippen LogP contribution < -0.4 is 10.2 Å². The van der Waals surface area contributed by atoms with E-state index >= 15 is 0 Å². The summed E-state index contributed by atoms with van der Waals surface area (Å²) in [5.41, 5.74) is 2.18. The lowest BCUT2D eigenvalue weighted by Gasteiger charge is -2.23. The fraction of sp³-hybridized carbons (Fsp3) is 0.533. The lowest BCUT2D eigenvalue weighted by molar-refractivity contribution is -0.921. The van der Waals surface area contributed by atoms with Crippen molar-refractivity contribution in [1.82, 2.24) is 0 Å². The number of benzene rings is 1. The van der Waals surface area contributed by atoms with Crippen LogP contribution in [0.5, 0.6) is 0 Å². The Morgan fingerprint density at radius 3 is 2.47 bits per heavy atom. The van der Waals surface area contributed by atoms with E-state index in [0.29, 0.717) is 0 Å². The SMILES string of the molecule is CC(C)C(=O)Nc1ccc(C[NH+]2CCOCC2)cc1. The van der Waals surface area contributed by atoms with Gasteiger partial charge >= 0.3 is 0 Å². The topological polar surface area (TPSA) is 42.8 Å². The fourth-order valence-corrected chi connectivity index (χ4v) is 2.12. The largest absolute Gasteiger partial charge is 0.370 e. The molecule has 0 atom stereocenters. The zero-order chi connectivity index (χ0) is 13.7. The number of hydrogen-bond acceptors (Lipinski definition) is 2. The van der Waals surface area contributed by atoms with Crippen molar-refractivity contribution in [3.05, 3.63) is 29.8 Å². The highest BCUT2D eigenvalue weighted by atomic mass is 16.5. The number of amides is 1. The van der Waals surface area contributed by atoms with Gasteiger partial charge < -0.3 is 15.0 Å². The molecule has 1 aliphatic rings. The minimum absolute atomic E-state index is 0.0115. The molecule has 0 bridgehead atoms. The smallest absolute Gasteiger partial charge is 0.226 e. The molecule has 1 saturated heterocycles. The predicted molar refractivity (Wildman–Crippen MR) is 75.1 cm³/mol. The standard InChI is InChI=1S/C15H22N2O2/c1-12(2)15(18)16-14-5-3-13(4-6-14)11-17-7-9-19-10-8-17/h3-6,12H,7-11H2,1-2H3,(H,16,18)/p+1. The van der Waals surface area contributed by atoms with Gasteiger partial charge in [0.05, 0.1) is 13.2 Å². The Morgan fingerprint density at radius 2 is 1.89 bits per heavy atom. The predicted octanol–water partition coefficient (Wildman–Crippen LogP) is 0.696. The summed E-state index contributed by atoms with van der Waals surface area (Å²) in [4.78, 5) is 13.1. The minimum Gasteiger partial charge on any atom is -0.370 e. The van der Waals surface area contributed by atoms with Gasteiger partial charge in [-0.3, -0.25) is 4.79 Å². The van der Waals surface area contributed by atoms with Crippen molar-refractivity contribution >= 4 is 11.6 Å². The zero-order valence-corrected chi connectivity index (χ0v) is 11.7. The van der Waals surface area contributed by atoms with Crippen molar-refractivity contribution in [1.29, 1.82) is 0 Å². The number of ether oxygens (including phenoxy) is 1. The van der Waals surface area contributed by atoms with Gasteiger partial charge in [-0.2, -0.15) is 0 Å². The van der Waals surface area contributed by atoms with E-state index in [9.17, 15) is 4.79 Å². The molecule has 1 aromatic carbocycles. The van der Waals surface area contributed by atoms with E-state index in [4.69, 9.17) is 4.74 Å². The van der Waals surface area contributed by atoms with E-state index in [2.05, 4.69) is 17.4 Å². The first-order chi connectivity index (χ1) is 9.15. The summed E-state index contributed by atoms with van der Waals surface area (Å²) in [6, 6.07) is 8.15. The summed E-state index contributed by atoms with van der Waals surface area (Å²) in [6.07, 6.45) is 0. The molecule has 2 N–H and O–H groups in total. The summed E-state index contributed by atoms with van der Waals surface area (Å²) >= 11 is 0. The number of anilines is 1. The number of carbonyl (C=O) groups is 1. The van der Waals surface area contributed by atoms with Crippen LogP contribution in [-0.4, -0.2) is 32.2 Å². The molecule has 0 saturated carbocycles. The van der Waals surface area contributed by atoms with E-state index in [1.54, 1.807) is 4.90 Å². The number of hydrogen-bond donors (Lipinski definition) is 2. The van der Waals surface area contributed by atoms with Crippen molar-refractivity contribution < 1.29 is 14.4 Å². The van der Waals surface area contributed by atoms with Gasteiger partial charge in [0.2, 0.25) is 5.91 Å². The van der Waals surface area contributed by atoms with Gasteiger partial charge in [0.1, 0.15) is 19.6 Å². The average Bonchev–Trinajstić information content (AvgIpc) is 2.42. The first kappa shape index (κ1) is 14.0. The molecule has 1 fully saturated rings. The molecule has 1 aromatic rings. The van der Waals surface area contributed by atoms with Crippen molar-refractivity contribution in [3.63, 3.8) is 0 Å². The van der Waals surface area contributed by atoms with E-state index in [1.807, 2.05) is 26.0 Å². The third-order valence-corrected chi connectivity index (χ3v) is 3.40. The average molecular weight is 263 g/mol. The monoisotopic (exact) mass is 263 g/mol. The molecule has 0 aromatic heterocycles. The molecule has 2 rings (SSSR count). The van der Waals surface area contributed by atoms with Gasteiger partial charge in [0.25, 0.3) is 0 Å². The van der Waals surface area contributed by atoms with Crippen LogP contribution in [0.3, 0.4) is 0 Å². The molecule has 4 nitrogen and oxygen atoms in total. The maximum Gasteiger partial charge on any atom is 0.226 e. The summed E-state index contributed by atoms with van der Waals surface area (Å²) in [5, 5.41) is 2.91. The van der Waals surface area contributed by atoms with E-state index < -0.39 is 0 Å². The maximum atomic E-state index is 11.6. The summed E-state index contributed by atoms with van der Waals surface area (Å²) in [7, 11) is 0. The number of quaternary nitrogens is 1. The van der Waals surface area contributed by atoms with E-state index in [1.165, 1.54) is 5.56 Å². The second kappa shape index (κ2) is 6.68. The highest BCUT2D eigenvalue weighted by molar-refractivity contribution is 5.91. The molecule has 1 aliphatic heterocycles. The number of nitrogens with one attached hydrogen (secondary N) is 2. The summed E-state index contributed by atoms with van der Waals surface area (Å²) in [5.74, 6) is 0.0732. The molecule has 104 valence electrons. The second-order valence-corrected chi connectivity index (χ2v) is 5.38. The molecular weight excluding hydrogens is 240 g/mol. The quantitative estimate of drug-likeness (QED) is 0.839. The number of carbonyl (C=O) groups excluding carboxylic acids is 1. The maximum absolute atomic E-state index is 11.6. The molecule has 1 heterocycles. The van der Waals surface area contributed by atoms with Crippen molar-refractivity contribution in [2.75, 3.05) is 31.6 Å². The van der Waals surface area contributed by atoms with Crippen LogP contribution in [0.2, 0.25) is 0 Å². The van der Waals surface area contributed by atoms with Crippen molar-refractivity contribution in [2.45, 2.75) is 20.4 Å². The van der Waals surface area contributed by atoms with Gasteiger partial charge in [0, 0.05) is 17.2 Å². The summed E-state index contributed by atoms with van der Waals surface area (Å²) < 4.78 is 5.35. The van der Waals surface area contributed by atoms with Crippen LogP contribution in [0.15, 0.2) is 24.3 Å². The number of morpholine rings is 1. The zero-order valence-electron chi connectivity index (χ0n) is 11.7. The van der Waals surface area contributed by atoms with Gasteiger partial charge in [0.15, 0.2) is 0 Å². The first-order valence-electron chi connectivity index (χ1n) is 6.96. The van der Waals surface area contributed by atoms with E-state index in [0.717, 1.165) is 38.5 Å². The Hall–Kier alpha value is -1.39. The third-order valence-electron chi connectivity index (χ3n) is 3.40.